The Morgan fingerprint density at radius 3 is 2.50 bits per heavy atom. The molecule has 0 bridgehead atoms. The van der Waals surface area contributed by atoms with Crippen molar-refractivity contribution in [2.45, 2.75) is 13.5 Å². The first-order valence-corrected chi connectivity index (χ1v) is 10.0. The summed E-state index contributed by atoms with van der Waals surface area (Å²) in [6.07, 6.45) is 0. The zero-order chi connectivity index (χ0) is 21.3. The van der Waals surface area contributed by atoms with Gasteiger partial charge in [-0.25, -0.2) is 0 Å². The lowest BCUT2D eigenvalue weighted by atomic mass is 10.1. The number of nitrogens with zero attached hydrogens (tertiary/aromatic N) is 3. The second-order valence-electron chi connectivity index (χ2n) is 6.61. The number of amides is 1. The van der Waals surface area contributed by atoms with Crippen LogP contribution in [0.3, 0.4) is 0 Å². The quantitative estimate of drug-likeness (QED) is 0.389. The van der Waals surface area contributed by atoms with Crippen LogP contribution < -0.4 is 5.32 Å². The molecule has 0 unspecified atom stereocenters. The van der Waals surface area contributed by atoms with Crippen molar-refractivity contribution in [1.82, 2.24) is 14.9 Å². The number of halogens is 3. The molecule has 0 aliphatic rings. The molecule has 6 nitrogen and oxygen atoms in total. The van der Waals surface area contributed by atoms with Crippen LogP contribution in [0.1, 0.15) is 21.7 Å². The summed E-state index contributed by atoms with van der Waals surface area (Å²) in [7, 11) is 0. The van der Waals surface area contributed by atoms with Crippen molar-refractivity contribution < 1.29 is 9.32 Å². The third-order valence-corrected chi connectivity index (χ3v) is 5.21. The molecule has 0 aliphatic heterocycles. The Morgan fingerprint density at radius 2 is 1.77 bits per heavy atom. The molecule has 0 aliphatic carbocycles. The van der Waals surface area contributed by atoms with E-state index >= 15 is 0 Å². The number of hydrogen-bond acceptors (Lipinski definition) is 4. The number of anilines is 1. The minimum absolute atomic E-state index is 0.112. The van der Waals surface area contributed by atoms with Crippen LogP contribution >= 0.6 is 34.8 Å². The largest absolute Gasteiger partial charge is 0.355 e. The molecule has 0 spiro atoms. The fourth-order valence-electron chi connectivity index (χ4n) is 2.87. The topological polar surface area (TPSA) is 73.0 Å². The summed E-state index contributed by atoms with van der Waals surface area (Å²) in [6.45, 7) is 2.47. The Labute approximate surface area is 187 Å². The van der Waals surface area contributed by atoms with E-state index in [4.69, 9.17) is 39.3 Å². The van der Waals surface area contributed by atoms with E-state index in [1.54, 1.807) is 28.9 Å². The SMILES string of the molecule is Cc1cc(NC(=O)c2cc(-c3ccc(Cl)cc3Cl)on2)nn1Cc1ccc(Cl)cc1. The monoisotopic (exact) mass is 460 g/mol. The van der Waals surface area contributed by atoms with Gasteiger partial charge < -0.3 is 9.84 Å². The van der Waals surface area contributed by atoms with Gasteiger partial charge >= 0.3 is 0 Å². The van der Waals surface area contributed by atoms with Crippen molar-refractivity contribution in [3.8, 4) is 11.3 Å². The Morgan fingerprint density at radius 1 is 1.03 bits per heavy atom. The maximum atomic E-state index is 12.6. The molecule has 9 heteroatoms. The number of nitrogens with one attached hydrogen (secondary N) is 1. The second-order valence-corrected chi connectivity index (χ2v) is 7.89. The fourth-order valence-corrected chi connectivity index (χ4v) is 3.50. The van der Waals surface area contributed by atoms with Crippen LogP contribution in [0.15, 0.2) is 59.1 Å². The van der Waals surface area contributed by atoms with E-state index in [1.165, 1.54) is 6.07 Å². The summed E-state index contributed by atoms with van der Waals surface area (Å²) in [4.78, 5) is 12.6. The normalized spacial score (nSPS) is 10.9. The van der Waals surface area contributed by atoms with E-state index in [0.29, 0.717) is 38.8 Å². The molecule has 0 fully saturated rings. The zero-order valence-corrected chi connectivity index (χ0v) is 18.0. The van der Waals surface area contributed by atoms with Crippen LogP contribution in [0.5, 0.6) is 0 Å². The highest BCUT2D eigenvalue weighted by Crippen LogP contribution is 2.30. The van der Waals surface area contributed by atoms with Crippen molar-refractivity contribution in [1.29, 1.82) is 0 Å². The molecule has 4 aromatic rings. The lowest BCUT2D eigenvalue weighted by Crippen LogP contribution is -2.13. The van der Waals surface area contributed by atoms with Gasteiger partial charge in [0.05, 0.1) is 11.6 Å². The molecule has 0 radical (unpaired) electrons. The van der Waals surface area contributed by atoms with Gasteiger partial charge in [0.2, 0.25) is 0 Å². The Bertz CT molecular complexity index is 1220. The molecule has 2 aromatic carbocycles. The average Bonchev–Trinajstić information content (AvgIpc) is 3.31. The van der Waals surface area contributed by atoms with E-state index < -0.39 is 5.91 Å². The van der Waals surface area contributed by atoms with Crippen molar-refractivity contribution in [2.75, 3.05) is 5.32 Å². The minimum Gasteiger partial charge on any atom is -0.355 e. The standard InChI is InChI=1S/C21H15Cl3N4O2/c1-12-8-20(26-28(12)11-13-2-4-14(22)5-3-13)25-21(29)18-10-19(30-27-18)16-7-6-15(23)9-17(16)24/h2-10H,11H2,1H3,(H,25,26,29). The first kappa shape index (κ1) is 20.5. The second kappa shape index (κ2) is 8.52. The lowest BCUT2D eigenvalue weighted by molar-refractivity contribution is 0.101. The van der Waals surface area contributed by atoms with Crippen molar-refractivity contribution in [3.05, 3.63) is 86.6 Å². The van der Waals surface area contributed by atoms with Crippen LogP contribution in [0.4, 0.5) is 5.82 Å². The first-order valence-electron chi connectivity index (χ1n) is 8.91. The van der Waals surface area contributed by atoms with Gasteiger partial charge in [-0.3, -0.25) is 9.48 Å². The summed E-state index contributed by atoms with van der Waals surface area (Å²) >= 11 is 18.0. The van der Waals surface area contributed by atoms with Gasteiger partial charge in [-0.1, -0.05) is 52.1 Å². The number of hydrogen-bond donors (Lipinski definition) is 1. The molecule has 2 heterocycles. The molecule has 4 rings (SSSR count). The Hall–Kier alpha value is -2.80. The number of carbonyl (C=O) groups is 1. The number of aromatic nitrogens is 3. The van der Waals surface area contributed by atoms with Gasteiger partial charge in [0.15, 0.2) is 17.3 Å². The molecule has 1 amide bonds. The van der Waals surface area contributed by atoms with Gasteiger partial charge in [0, 0.05) is 33.4 Å². The summed E-state index contributed by atoms with van der Waals surface area (Å²) in [5.74, 6) is 0.345. The molecule has 0 saturated carbocycles. The molecular formula is C21H15Cl3N4O2. The minimum atomic E-state index is -0.439. The van der Waals surface area contributed by atoms with Crippen molar-refractivity contribution in [3.63, 3.8) is 0 Å². The number of rotatable bonds is 5. The highest BCUT2D eigenvalue weighted by molar-refractivity contribution is 6.36. The van der Waals surface area contributed by atoms with Gasteiger partial charge in [-0.05, 0) is 42.8 Å². The first-order chi connectivity index (χ1) is 14.4. The van der Waals surface area contributed by atoms with E-state index in [0.717, 1.165) is 11.3 Å². The summed E-state index contributed by atoms with van der Waals surface area (Å²) < 4.78 is 7.07. The van der Waals surface area contributed by atoms with Crippen molar-refractivity contribution >= 4 is 46.5 Å². The number of benzene rings is 2. The van der Waals surface area contributed by atoms with Gasteiger partial charge in [0.25, 0.3) is 5.91 Å². The van der Waals surface area contributed by atoms with Crippen LogP contribution in [0, 0.1) is 6.92 Å². The maximum Gasteiger partial charge on any atom is 0.279 e. The van der Waals surface area contributed by atoms with Crippen LogP contribution in [-0.4, -0.2) is 20.8 Å². The van der Waals surface area contributed by atoms with E-state index in [2.05, 4.69) is 15.6 Å². The van der Waals surface area contributed by atoms with E-state index in [9.17, 15) is 4.79 Å². The highest BCUT2D eigenvalue weighted by Gasteiger charge is 2.17. The smallest absolute Gasteiger partial charge is 0.279 e. The number of aryl methyl sites for hydroxylation is 1. The molecule has 152 valence electrons. The van der Waals surface area contributed by atoms with Gasteiger partial charge in [0.1, 0.15) is 0 Å². The molecular weight excluding hydrogens is 447 g/mol. The maximum absolute atomic E-state index is 12.6. The zero-order valence-electron chi connectivity index (χ0n) is 15.7. The summed E-state index contributed by atoms with van der Waals surface area (Å²) in [5.41, 5.74) is 2.65. The Kier molecular flexibility index (Phi) is 5.81. The number of carbonyl (C=O) groups excluding carboxylic acids is 1. The van der Waals surface area contributed by atoms with E-state index in [1.807, 2.05) is 31.2 Å². The summed E-state index contributed by atoms with van der Waals surface area (Å²) in [6, 6.07) is 15.8. The molecule has 30 heavy (non-hydrogen) atoms. The van der Waals surface area contributed by atoms with E-state index in [-0.39, 0.29) is 5.69 Å². The fraction of sp³-hybridized carbons (Fsp3) is 0.0952. The molecule has 1 N–H and O–H groups in total. The molecule has 0 atom stereocenters. The van der Waals surface area contributed by atoms with Crippen LogP contribution in [0.25, 0.3) is 11.3 Å². The lowest BCUT2D eigenvalue weighted by Gasteiger charge is -2.04. The van der Waals surface area contributed by atoms with Crippen LogP contribution in [0.2, 0.25) is 15.1 Å². The van der Waals surface area contributed by atoms with Crippen molar-refractivity contribution in [2.24, 2.45) is 0 Å². The van der Waals surface area contributed by atoms with Gasteiger partial charge in [-0.15, -0.1) is 0 Å². The third-order valence-electron chi connectivity index (χ3n) is 4.41. The molecule has 2 aromatic heterocycles. The Balaban J connectivity index is 1.48. The predicted octanol–water partition coefficient (Wildman–Crippen LogP) is 6.11. The summed E-state index contributed by atoms with van der Waals surface area (Å²) in [5, 5.41) is 12.6. The van der Waals surface area contributed by atoms with Crippen LogP contribution in [-0.2, 0) is 6.54 Å². The predicted molar refractivity (Wildman–Crippen MR) is 117 cm³/mol. The third kappa shape index (κ3) is 4.51. The van der Waals surface area contributed by atoms with Gasteiger partial charge in [-0.2, -0.15) is 5.10 Å². The molecule has 0 saturated heterocycles. The highest BCUT2D eigenvalue weighted by atomic mass is 35.5. The average molecular weight is 462 g/mol.